The first-order valence-electron chi connectivity index (χ1n) is 16.8. The molecule has 0 N–H and O–H groups in total. The number of Topliss-reactive ketones (excluding diaryl/α,β-unsaturated/α-hetero) is 2. The van der Waals surface area contributed by atoms with Crippen molar-refractivity contribution in [2.24, 2.45) is 10.8 Å². The van der Waals surface area contributed by atoms with Crippen LogP contribution in [0, 0.1) is 17.8 Å². The first kappa shape index (κ1) is 33.3. The zero-order valence-corrected chi connectivity index (χ0v) is 30.1. The molecule has 2 aliphatic carbocycles. The smallest absolute Gasteiger partial charge is 0.175 e. The van der Waals surface area contributed by atoms with E-state index in [1.54, 1.807) is 0 Å². The van der Waals surface area contributed by atoms with Crippen LogP contribution < -0.4 is 9.47 Å². The number of benzene rings is 3. The van der Waals surface area contributed by atoms with E-state index in [-0.39, 0.29) is 22.4 Å². The van der Waals surface area contributed by atoms with Gasteiger partial charge in [0.25, 0.3) is 0 Å². The van der Waals surface area contributed by atoms with Gasteiger partial charge in [0, 0.05) is 47.8 Å². The Hall–Kier alpha value is -3.64. The van der Waals surface area contributed by atoms with Gasteiger partial charge in [-0.15, -0.1) is 0 Å². The lowest BCUT2D eigenvalue weighted by molar-refractivity contribution is -0.119. The summed E-state index contributed by atoms with van der Waals surface area (Å²) in [6.45, 7) is 14.3. The summed E-state index contributed by atoms with van der Waals surface area (Å²) in [6.07, 6.45) is 3.29. The standard InChI is InChI=1S/C41H46BrNO4/c1-7-46-35-20-29(19-30(42)39(35)47-25-28-15-13-26(2)14-16-28)36-37-31(21-40(3,4)23-33(37)44)43(18-17-27-11-9-8-10-12-27)32-22-41(5,6)24-34(45)38(32)36/h8-16,19-20,36H,7,17-18,21-25H2,1-6H3. The fraction of sp³-hybridized carbons (Fsp3) is 0.415. The molecule has 6 heteroatoms. The highest BCUT2D eigenvalue weighted by Gasteiger charge is 2.49. The fourth-order valence-corrected chi connectivity index (χ4v) is 8.11. The monoisotopic (exact) mass is 695 g/mol. The van der Waals surface area contributed by atoms with Crippen molar-refractivity contribution in [1.29, 1.82) is 0 Å². The third-order valence-electron chi connectivity index (χ3n) is 9.66. The maximum Gasteiger partial charge on any atom is 0.175 e. The molecule has 5 nitrogen and oxygen atoms in total. The number of ether oxygens (including phenoxy) is 2. The quantitative estimate of drug-likeness (QED) is 0.223. The molecule has 0 spiro atoms. The van der Waals surface area contributed by atoms with Gasteiger partial charge in [0.1, 0.15) is 6.61 Å². The number of rotatable bonds is 9. The molecular formula is C41H46BrNO4. The number of carbonyl (C=O) groups excluding carboxylic acids is 2. The van der Waals surface area contributed by atoms with Gasteiger partial charge in [-0.3, -0.25) is 9.59 Å². The van der Waals surface area contributed by atoms with Gasteiger partial charge in [-0.05, 0) is 88.7 Å². The van der Waals surface area contributed by atoms with Gasteiger partial charge in [0.15, 0.2) is 23.1 Å². The highest BCUT2D eigenvalue weighted by atomic mass is 79.9. The molecule has 0 fully saturated rings. The lowest BCUT2D eigenvalue weighted by atomic mass is 9.63. The van der Waals surface area contributed by atoms with Crippen LogP contribution in [-0.4, -0.2) is 29.6 Å². The zero-order chi connectivity index (χ0) is 33.5. The van der Waals surface area contributed by atoms with Crippen LogP contribution in [0.15, 0.2) is 93.7 Å². The van der Waals surface area contributed by atoms with E-state index in [9.17, 15) is 9.59 Å². The maximum absolute atomic E-state index is 14.3. The van der Waals surface area contributed by atoms with Gasteiger partial charge in [0.2, 0.25) is 0 Å². The topological polar surface area (TPSA) is 55.8 Å². The van der Waals surface area contributed by atoms with Crippen molar-refractivity contribution in [2.45, 2.75) is 86.2 Å². The highest BCUT2D eigenvalue weighted by Crippen LogP contribution is 2.55. The molecule has 0 atom stereocenters. The van der Waals surface area contributed by atoms with E-state index >= 15 is 0 Å². The Morgan fingerprint density at radius 1 is 0.787 bits per heavy atom. The summed E-state index contributed by atoms with van der Waals surface area (Å²) in [6, 6.07) is 22.8. The van der Waals surface area contributed by atoms with Gasteiger partial charge in [-0.1, -0.05) is 87.9 Å². The summed E-state index contributed by atoms with van der Waals surface area (Å²) in [5, 5.41) is 0. The number of aryl methyl sites for hydroxylation is 1. The van der Waals surface area contributed by atoms with E-state index in [4.69, 9.17) is 9.47 Å². The second kappa shape index (κ2) is 13.1. The summed E-state index contributed by atoms with van der Waals surface area (Å²) < 4.78 is 13.3. The maximum atomic E-state index is 14.3. The van der Waals surface area contributed by atoms with Gasteiger partial charge in [-0.2, -0.15) is 0 Å². The molecule has 3 aromatic rings. The highest BCUT2D eigenvalue weighted by molar-refractivity contribution is 9.10. The number of allylic oxidation sites excluding steroid dienone is 4. The van der Waals surface area contributed by atoms with Crippen molar-refractivity contribution in [3.05, 3.63) is 116 Å². The second-order valence-electron chi connectivity index (χ2n) is 15.0. The minimum Gasteiger partial charge on any atom is -0.490 e. The zero-order valence-electron chi connectivity index (χ0n) is 28.5. The van der Waals surface area contributed by atoms with E-state index in [0.717, 1.165) is 63.9 Å². The Bertz CT molecular complexity index is 1700. The largest absolute Gasteiger partial charge is 0.490 e. The molecule has 0 saturated carbocycles. The molecule has 0 saturated heterocycles. The average Bonchev–Trinajstić information content (AvgIpc) is 2.99. The molecule has 0 unspecified atom stereocenters. The SMILES string of the molecule is CCOc1cc(C2C3=C(CC(C)(C)CC3=O)N(CCc3ccccc3)C3=C2C(=O)CC(C)(C)C3)cc(Br)c1OCc1ccc(C)cc1. The van der Waals surface area contributed by atoms with Gasteiger partial charge in [-0.25, -0.2) is 0 Å². The average molecular weight is 697 g/mol. The summed E-state index contributed by atoms with van der Waals surface area (Å²) in [5.74, 6) is 1.02. The summed E-state index contributed by atoms with van der Waals surface area (Å²) >= 11 is 3.81. The molecule has 6 rings (SSSR count). The van der Waals surface area contributed by atoms with Crippen LogP contribution in [0.4, 0.5) is 0 Å². The van der Waals surface area contributed by atoms with Gasteiger partial charge >= 0.3 is 0 Å². The van der Waals surface area contributed by atoms with Crippen LogP contribution in [0.5, 0.6) is 11.5 Å². The number of carbonyl (C=O) groups is 2. The Labute approximate surface area is 288 Å². The van der Waals surface area contributed by atoms with Crippen LogP contribution in [0.2, 0.25) is 0 Å². The van der Waals surface area contributed by atoms with E-state index in [0.29, 0.717) is 37.6 Å². The molecule has 3 aromatic carbocycles. The molecule has 1 heterocycles. The molecule has 0 bridgehead atoms. The van der Waals surface area contributed by atoms with E-state index in [2.05, 4.69) is 104 Å². The minimum absolute atomic E-state index is 0.129. The predicted octanol–water partition coefficient (Wildman–Crippen LogP) is 9.66. The van der Waals surface area contributed by atoms with Gasteiger partial charge in [0.05, 0.1) is 11.1 Å². The Kier molecular flexibility index (Phi) is 9.28. The van der Waals surface area contributed by atoms with Crippen molar-refractivity contribution in [2.75, 3.05) is 13.2 Å². The van der Waals surface area contributed by atoms with E-state index in [1.165, 1.54) is 11.1 Å². The minimum atomic E-state index is -0.457. The predicted molar refractivity (Wildman–Crippen MR) is 191 cm³/mol. The molecular weight excluding hydrogens is 650 g/mol. The Morgan fingerprint density at radius 2 is 1.38 bits per heavy atom. The first-order valence-corrected chi connectivity index (χ1v) is 17.6. The lowest BCUT2D eigenvalue weighted by Gasteiger charge is -2.49. The molecule has 0 radical (unpaired) electrons. The van der Waals surface area contributed by atoms with Crippen LogP contribution >= 0.6 is 15.9 Å². The second-order valence-corrected chi connectivity index (χ2v) is 15.8. The summed E-state index contributed by atoms with van der Waals surface area (Å²) in [4.78, 5) is 31.0. The fourth-order valence-electron chi connectivity index (χ4n) is 7.53. The number of hydrogen-bond donors (Lipinski definition) is 0. The third-order valence-corrected chi connectivity index (χ3v) is 10.2. The number of hydrogen-bond acceptors (Lipinski definition) is 5. The number of nitrogens with zero attached hydrogens (tertiary/aromatic N) is 1. The molecule has 47 heavy (non-hydrogen) atoms. The number of ketones is 2. The molecule has 0 amide bonds. The first-order chi connectivity index (χ1) is 22.4. The van der Waals surface area contributed by atoms with Crippen LogP contribution in [0.1, 0.15) is 88.5 Å². The summed E-state index contributed by atoms with van der Waals surface area (Å²) in [5.41, 5.74) is 7.72. The third kappa shape index (κ3) is 6.99. The van der Waals surface area contributed by atoms with Gasteiger partial charge < -0.3 is 14.4 Å². The number of halogens is 1. The van der Waals surface area contributed by atoms with E-state index < -0.39 is 5.92 Å². The van der Waals surface area contributed by atoms with Crippen molar-refractivity contribution in [3.8, 4) is 11.5 Å². The van der Waals surface area contributed by atoms with Crippen molar-refractivity contribution >= 4 is 27.5 Å². The molecule has 246 valence electrons. The molecule has 0 aromatic heterocycles. The van der Waals surface area contributed by atoms with Crippen molar-refractivity contribution in [1.82, 2.24) is 4.90 Å². The summed E-state index contributed by atoms with van der Waals surface area (Å²) in [7, 11) is 0. The molecule has 1 aliphatic heterocycles. The van der Waals surface area contributed by atoms with Crippen LogP contribution in [0.25, 0.3) is 0 Å². The van der Waals surface area contributed by atoms with Crippen molar-refractivity contribution < 1.29 is 19.1 Å². The lowest BCUT2D eigenvalue weighted by Crippen LogP contribution is -2.45. The Balaban J connectivity index is 1.48. The molecule has 3 aliphatic rings. The van der Waals surface area contributed by atoms with Crippen molar-refractivity contribution in [3.63, 3.8) is 0 Å². The van der Waals surface area contributed by atoms with Crippen LogP contribution in [-0.2, 0) is 22.6 Å². The van der Waals surface area contributed by atoms with E-state index in [1.807, 2.05) is 25.1 Å². The normalized spacial score (nSPS) is 19.1. The van der Waals surface area contributed by atoms with Crippen LogP contribution in [0.3, 0.4) is 0 Å². The Morgan fingerprint density at radius 3 is 1.96 bits per heavy atom.